The molecule has 0 aliphatic carbocycles. The van der Waals surface area contributed by atoms with E-state index in [0.29, 0.717) is 25.6 Å². The number of rotatable bonds is 7. The largest absolute Gasteiger partial charge is 0.478 e. The van der Waals surface area contributed by atoms with E-state index >= 15 is 0 Å². The van der Waals surface area contributed by atoms with Gasteiger partial charge in [-0.3, -0.25) is 9.48 Å². The van der Waals surface area contributed by atoms with Crippen molar-refractivity contribution in [2.75, 3.05) is 19.7 Å². The zero-order valence-corrected chi connectivity index (χ0v) is 14.6. The highest BCUT2D eigenvalue weighted by atomic mass is 16.5. The summed E-state index contributed by atoms with van der Waals surface area (Å²) in [6.45, 7) is 7.96. The van der Waals surface area contributed by atoms with Crippen molar-refractivity contribution in [3.05, 3.63) is 18.0 Å². The first-order chi connectivity index (χ1) is 11.4. The Bertz CT molecular complexity index is 562. The molecule has 2 heterocycles. The second-order valence-corrected chi connectivity index (χ2v) is 6.77. The van der Waals surface area contributed by atoms with Gasteiger partial charge in [0.05, 0.1) is 17.8 Å². The van der Waals surface area contributed by atoms with Gasteiger partial charge in [-0.05, 0) is 32.1 Å². The number of carboxylic acid groups (broad SMARTS) is 1. The Hall–Kier alpha value is -1.89. The molecule has 0 radical (unpaired) electrons. The fourth-order valence-corrected chi connectivity index (χ4v) is 2.81. The van der Waals surface area contributed by atoms with Crippen molar-refractivity contribution in [2.24, 2.45) is 5.92 Å². The van der Waals surface area contributed by atoms with E-state index in [2.05, 4.69) is 18.9 Å². The molecule has 1 aliphatic heterocycles. The Kier molecular flexibility index (Phi) is 6.36. The smallest absolute Gasteiger partial charge is 0.338 e. The third-order valence-corrected chi connectivity index (χ3v) is 4.41. The summed E-state index contributed by atoms with van der Waals surface area (Å²) in [5, 5.41) is 13.1. The Morgan fingerprint density at radius 1 is 1.33 bits per heavy atom. The number of aromatic nitrogens is 2. The number of piperidine rings is 1. The molecule has 0 spiro atoms. The number of ether oxygens (including phenoxy) is 1. The third kappa shape index (κ3) is 4.80. The van der Waals surface area contributed by atoms with Crippen LogP contribution in [0.5, 0.6) is 0 Å². The maximum absolute atomic E-state index is 12.4. The van der Waals surface area contributed by atoms with Gasteiger partial charge >= 0.3 is 5.97 Å². The Labute approximate surface area is 142 Å². The predicted octanol–water partition coefficient (Wildman–Crippen LogP) is 2.20. The first-order valence-corrected chi connectivity index (χ1v) is 8.56. The van der Waals surface area contributed by atoms with Crippen molar-refractivity contribution >= 4 is 11.9 Å². The molecule has 1 aliphatic rings. The van der Waals surface area contributed by atoms with Crippen LogP contribution in [0.1, 0.15) is 56.4 Å². The van der Waals surface area contributed by atoms with Gasteiger partial charge < -0.3 is 14.7 Å². The topological polar surface area (TPSA) is 84.7 Å². The lowest BCUT2D eigenvalue weighted by molar-refractivity contribution is -0.144. The summed E-state index contributed by atoms with van der Waals surface area (Å²) >= 11 is 0. The van der Waals surface area contributed by atoms with Gasteiger partial charge in [0.1, 0.15) is 6.10 Å². The summed E-state index contributed by atoms with van der Waals surface area (Å²) in [6.07, 6.45) is 5.00. The summed E-state index contributed by atoms with van der Waals surface area (Å²) in [5.74, 6) is -0.377. The van der Waals surface area contributed by atoms with Crippen LogP contribution in [0.15, 0.2) is 12.4 Å². The summed E-state index contributed by atoms with van der Waals surface area (Å²) in [6, 6.07) is 0.138. The standard InChI is InChI=1S/C17H27N3O4/c1-12(2)6-9-24-13(3)16(21)19-7-4-15(5-8-19)20-11-14(10-18-20)17(22)23/h10-13,15H,4-9H2,1-3H3,(H,22,23). The van der Waals surface area contributed by atoms with Crippen molar-refractivity contribution in [3.63, 3.8) is 0 Å². The van der Waals surface area contributed by atoms with Gasteiger partial charge in [0.15, 0.2) is 0 Å². The molecule has 1 amide bonds. The van der Waals surface area contributed by atoms with E-state index in [1.807, 2.05) is 4.90 Å². The second kappa shape index (κ2) is 8.28. The molecule has 2 rings (SSSR count). The second-order valence-electron chi connectivity index (χ2n) is 6.77. The van der Waals surface area contributed by atoms with Crippen molar-refractivity contribution in [1.82, 2.24) is 14.7 Å². The first-order valence-electron chi connectivity index (χ1n) is 8.56. The number of carbonyl (C=O) groups excluding carboxylic acids is 1. The van der Waals surface area contributed by atoms with E-state index in [9.17, 15) is 9.59 Å². The van der Waals surface area contributed by atoms with Crippen LogP contribution >= 0.6 is 0 Å². The fourth-order valence-electron chi connectivity index (χ4n) is 2.81. The minimum absolute atomic E-state index is 0.0314. The van der Waals surface area contributed by atoms with Crippen LogP contribution in [0, 0.1) is 5.92 Å². The maximum atomic E-state index is 12.4. The number of hydrogen-bond donors (Lipinski definition) is 1. The molecule has 0 aromatic carbocycles. The Morgan fingerprint density at radius 3 is 2.54 bits per heavy atom. The molecule has 7 nitrogen and oxygen atoms in total. The number of aromatic carboxylic acids is 1. The number of carboxylic acids is 1. The lowest BCUT2D eigenvalue weighted by Crippen LogP contribution is -2.44. The number of hydrogen-bond acceptors (Lipinski definition) is 4. The Morgan fingerprint density at radius 2 is 2.00 bits per heavy atom. The zero-order chi connectivity index (χ0) is 17.7. The van der Waals surface area contributed by atoms with E-state index in [4.69, 9.17) is 9.84 Å². The van der Waals surface area contributed by atoms with E-state index in [1.165, 1.54) is 6.20 Å². The van der Waals surface area contributed by atoms with E-state index in [1.54, 1.807) is 17.8 Å². The molecule has 1 aromatic rings. The molecule has 1 atom stereocenters. The third-order valence-electron chi connectivity index (χ3n) is 4.41. The molecule has 7 heteroatoms. The van der Waals surface area contributed by atoms with Crippen LogP contribution < -0.4 is 0 Å². The normalized spacial score (nSPS) is 17.2. The lowest BCUT2D eigenvalue weighted by Gasteiger charge is -2.33. The SMILES string of the molecule is CC(C)CCOC(C)C(=O)N1CCC(n2cc(C(=O)O)cn2)CC1. The Balaban J connectivity index is 1.80. The fraction of sp³-hybridized carbons (Fsp3) is 0.706. The van der Waals surface area contributed by atoms with Gasteiger partial charge in [0.25, 0.3) is 5.91 Å². The molecular formula is C17H27N3O4. The first kappa shape index (κ1) is 18.4. The van der Waals surface area contributed by atoms with Crippen molar-refractivity contribution in [2.45, 2.75) is 52.2 Å². The highest BCUT2D eigenvalue weighted by Gasteiger charge is 2.27. The molecular weight excluding hydrogens is 310 g/mol. The molecule has 0 bridgehead atoms. The molecule has 134 valence electrons. The van der Waals surface area contributed by atoms with E-state index in [0.717, 1.165) is 19.3 Å². The van der Waals surface area contributed by atoms with Gasteiger partial charge in [0, 0.05) is 25.9 Å². The van der Waals surface area contributed by atoms with Gasteiger partial charge in [-0.15, -0.1) is 0 Å². The molecule has 24 heavy (non-hydrogen) atoms. The van der Waals surface area contributed by atoms with Gasteiger partial charge in [-0.1, -0.05) is 13.8 Å². The van der Waals surface area contributed by atoms with Crippen molar-refractivity contribution < 1.29 is 19.4 Å². The molecule has 1 saturated heterocycles. The minimum Gasteiger partial charge on any atom is -0.478 e. The van der Waals surface area contributed by atoms with Crippen LogP contribution in [0.25, 0.3) is 0 Å². The van der Waals surface area contributed by atoms with E-state index < -0.39 is 12.1 Å². The molecule has 1 unspecified atom stereocenters. The average molecular weight is 337 g/mol. The monoisotopic (exact) mass is 337 g/mol. The quantitative estimate of drug-likeness (QED) is 0.824. The summed E-state index contributed by atoms with van der Waals surface area (Å²) in [7, 11) is 0. The van der Waals surface area contributed by atoms with Crippen molar-refractivity contribution in [1.29, 1.82) is 0 Å². The summed E-state index contributed by atoms with van der Waals surface area (Å²) in [5.41, 5.74) is 0.195. The molecule has 0 saturated carbocycles. The average Bonchev–Trinajstić information content (AvgIpc) is 3.04. The highest BCUT2D eigenvalue weighted by Crippen LogP contribution is 2.23. The predicted molar refractivity (Wildman–Crippen MR) is 88.9 cm³/mol. The number of nitrogens with zero attached hydrogens (tertiary/aromatic N) is 3. The minimum atomic E-state index is -0.971. The van der Waals surface area contributed by atoms with Crippen LogP contribution in [0.2, 0.25) is 0 Å². The van der Waals surface area contributed by atoms with Crippen LogP contribution in [0.3, 0.4) is 0 Å². The molecule has 1 fully saturated rings. The van der Waals surface area contributed by atoms with Crippen molar-refractivity contribution in [3.8, 4) is 0 Å². The molecule has 1 N–H and O–H groups in total. The van der Waals surface area contributed by atoms with E-state index in [-0.39, 0.29) is 17.5 Å². The van der Waals surface area contributed by atoms with Crippen LogP contribution in [-0.2, 0) is 9.53 Å². The maximum Gasteiger partial charge on any atom is 0.338 e. The van der Waals surface area contributed by atoms with Gasteiger partial charge in [-0.2, -0.15) is 5.10 Å². The number of likely N-dealkylation sites (tertiary alicyclic amines) is 1. The summed E-state index contributed by atoms with van der Waals surface area (Å²) < 4.78 is 7.34. The zero-order valence-electron chi connectivity index (χ0n) is 14.6. The lowest BCUT2D eigenvalue weighted by atomic mass is 10.0. The molecule has 1 aromatic heterocycles. The number of amides is 1. The van der Waals surface area contributed by atoms with Gasteiger partial charge in [0.2, 0.25) is 0 Å². The van der Waals surface area contributed by atoms with Gasteiger partial charge in [-0.25, -0.2) is 4.79 Å². The highest BCUT2D eigenvalue weighted by molar-refractivity contribution is 5.86. The summed E-state index contributed by atoms with van der Waals surface area (Å²) in [4.78, 5) is 25.2. The van der Waals surface area contributed by atoms with Crippen LogP contribution in [0.4, 0.5) is 0 Å². The number of carbonyl (C=O) groups is 2. The van der Waals surface area contributed by atoms with Crippen LogP contribution in [-0.4, -0.2) is 57.5 Å².